The van der Waals surface area contributed by atoms with Gasteiger partial charge in [0.2, 0.25) is 5.91 Å². The number of ether oxygens (including phenoxy) is 8. The maximum Gasteiger partial charge on any atom is 0.407 e. The normalized spacial score (nSPS) is 36.1. The zero-order valence-electron chi connectivity index (χ0n) is 61.4. The zero-order chi connectivity index (χ0) is 72.2. The number of fused-ring (bicyclic) bond motifs is 5. The molecule has 0 bridgehead atoms. The molecule has 98 heavy (non-hydrogen) atoms. The van der Waals surface area contributed by atoms with Crippen LogP contribution in [0, 0.1) is 46.3 Å². The van der Waals surface area contributed by atoms with Crippen LogP contribution in [0.4, 0.5) is 19.2 Å². The summed E-state index contributed by atoms with van der Waals surface area (Å²) in [5, 5.41) is 93.4. The van der Waals surface area contributed by atoms with Gasteiger partial charge >= 0.3 is 24.4 Å². The summed E-state index contributed by atoms with van der Waals surface area (Å²) in [6, 6.07) is -2.37. The van der Waals surface area contributed by atoms with E-state index in [-0.39, 0.29) is 50.7 Å². The van der Waals surface area contributed by atoms with E-state index in [0.717, 1.165) is 55.3 Å². The molecule has 5 amide bonds. The Morgan fingerprint density at radius 2 is 1.17 bits per heavy atom. The number of unbranched alkanes of at least 4 members (excludes halogenated alkanes) is 2. The van der Waals surface area contributed by atoms with Crippen molar-refractivity contribution in [1.82, 2.24) is 26.6 Å². The summed E-state index contributed by atoms with van der Waals surface area (Å²) >= 11 is 0. The smallest absolute Gasteiger partial charge is 0.407 e. The average Bonchev–Trinajstić information content (AvgIpc) is 1.46. The van der Waals surface area contributed by atoms with E-state index < -0.39 is 153 Å². The molecule has 23 atom stereocenters. The van der Waals surface area contributed by atoms with Crippen molar-refractivity contribution >= 4 is 54.5 Å². The van der Waals surface area contributed by atoms with E-state index in [1.807, 2.05) is 0 Å². The summed E-state index contributed by atoms with van der Waals surface area (Å²) < 4.78 is 47.2. The van der Waals surface area contributed by atoms with Gasteiger partial charge in [-0.2, -0.15) is 0 Å². The van der Waals surface area contributed by atoms with Gasteiger partial charge in [-0.05, 0) is 129 Å². The van der Waals surface area contributed by atoms with Crippen LogP contribution in [0.15, 0.2) is 11.6 Å². The summed E-state index contributed by atoms with van der Waals surface area (Å²) in [5.74, 6) is 4.11. The first-order valence-corrected chi connectivity index (χ1v) is 48.1. The van der Waals surface area contributed by atoms with E-state index in [1.165, 1.54) is 50.5 Å². The molecule has 0 spiro atoms. The lowest BCUT2D eigenvalue weighted by Crippen LogP contribution is -2.70. The Kier molecular flexibility index (Phi) is 29.9. The Labute approximate surface area is 585 Å². The molecule has 4 saturated carbocycles. The largest absolute Gasteiger partial charge is 0.450 e. The summed E-state index contributed by atoms with van der Waals surface area (Å²) in [4.78, 5) is 66.8. The molecule has 2 aliphatic heterocycles. The summed E-state index contributed by atoms with van der Waals surface area (Å²) in [7, 11) is -5.06. The van der Waals surface area contributed by atoms with Gasteiger partial charge in [0.15, 0.2) is 12.6 Å². The molecule has 7 rings (SSSR count). The Morgan fingerprint density at radius 3 is 1.74 bits per heavy atom. The molecule has 25 nitrogen and oxygen atoms in total. The Hall–Kier alpha value is -3.50. The third-order valence-electron chi connectivity index (χ3n) is 22.6. The highest BCUT2D eigenvalue weighted by Crippen LogP contribution is 2.67. The first kappa shape index (κ1) is 81.8. The molecule has 5 aliphatic carbocycles. The van der Waals surface area contributed by atoms with Crippen molar-refractivity contribution in [3.8, 4) is 0 Å². The number of carbonyl (C=O) groups excluding carboxylic acids is 5. The maximum absolute atomic E-state index is 13.7. The maximum atomic E-state index is 13.7. The van der Waals surface area contributed by atoms with Crippen molar-refractivity contribution in [2.24, 2.45) is 46.3 Å². The molecule has 0 aromatic rings. The molecule has 0 unspecified atom stereocenters. The average molecular weight is 1440 g/mol. The number of amides is 5. The first-order chi connectivity index (χ1) is 45.9. The second-order valence-corrected chi connectivity index (χ2v) is 51.1. The third kappa shape index (κ3) is 22.5. The minimum atomic E-state index is -1.99. The van der Waals surface area contributed by atoms with Crippen molar-refractivity contribution in [3.05, 3.63) is 11.6 Å². The molecule has 0 radical (unpaired) electrons. The number of aliphatic hydroxyl groups excluding tert-OH is 7. The van der Waals surface area contributed by atoms with E-state index in [0.29, 0.717) is 55.3 Å². The van der Waals surface area contributed by atoms with Crippen molar-refractivity contribution in [1.29, 1.82) is 0 Å². The number of hydrogen-bond acceptors (Lipinski definition) is 20. The minimum Gasteiger partial charge on any atom is -0.450 e. The van der Waals surface area contributed by atoms with Crippen LogP contribution in [-0.4, -0.2) is 228 Å². The van der Waals surface area contributed by atoms with Gasteiger partial charge in [0.1, 0.15) is 67.1 Å². The topological polar surface area (TPSA) is 361 Å². The van der Waals surface area contributed by atoms with Crippen molar-refractivity contribution < 1.29 is 97.6 Å². The van der Waals surface area contributed by atoms with Crippen LogP contribution in [0.5, 0.6) is 0 Å². The standard InChI is InChI=1S/C70H127N5O20Si3/c1-41(2)19-18-20-42(3)46-24-25-47-45-23-22-43-37-44(26-28-69(43,4)48(45)27-29-70(46,47)5)91-65(84)71-30-17-15-16-21-53(77)72-39-51-56(79)58(81)59(82)64(92-51)95-62-50(74-67(86)89-32-35-97(9,10)11)38-49(73-66(85)88-31-34-96(6,7)8)61(60(62)83)94-63-57(80)54(55(78)52(40-76)93-63)75-68(87)90-33-36-98(12,13)14/h22,41-42,44-52,54-64,76,78-83H,15-21,23-40H2,1-14H3,(H,71,84)(H,72,77)(H,73,85)(H,74,86)(H,75,87)/t42-,44+,45+,46-,47+,48+,49-,50+,51-,52-,54+,55-,56-,57-,58+,59-,60-,61+,62+,63+,64+,69+,70-/m1/s1. The molecule has 6 fully saturated rings. The molecular weight excluding hydrogens is 1320 g/mol. The predicted molar refractivity (Wildman–Crippen MR) is 377 cm³/mol. The summed E-state index contributed by atoms with van der Waals surface area (Å²) in [6.45, 7) is 30.5. The lowest BCUT2D eigenvalue weighted by Gasteiger charge is -2.58. The van der Waals surface area contributed by atoms with Crippen LogP contribution in [0.2, 0.25) is 77.1 Å². The number of aliphatic hydroxyl groups is 7. The van der Waals surface area contributed by atoms with Crippen molar-refractivity contribution in [3.63, 3.8) is 0 Å². The number of hydrogen-bond donors (Lipinski definition) is 12. The van der Waals surface area contributed by atoms with Gasteiger partial charge in [0.05, 0.1) is 44.6 Å². The fraction of sp³-hybridized carbons (Fsp3) is 0.900. The molecule has 28 heteroatoms. The number of nitrogens with one attached hydrogen (secondary N) is 5. The van der Waals surface area contributed by atoms with Crippen LogP contribution >= 0.6 is 0 Å². The molecule has 2 saturated heterocycles. The van der Waals surface area contributed by atoms with E-state index in [2.05, 4.69) is 126 Å². The summed E-state index contributed by atoms with van der Waals surface area (Å²) in [6.07, 6.45) is -7.73. The fourth-order valence-corrected chi connectivity index (χ4v) is 18.8. The molecule has 7 aliphatic rings. The van der Waals surface area contributed by atoms with Gasteiger partial charge < -0.3 is 100 Å². The highest BCUT2D eigenvalue weighted by molar-refractivity contribution is 6.76. The van der Waals surface area contributed by atoms with Crippen molar-refractivity contribution in [2.75, 3.05) is 39.5 Å². The summed E-state index contributed by atoms with van der Waals surface area (Å²) in [5.41, 5.74) is 2.03. The predicted octanol–water partition coefficient (Wildman–Crippen LogP) is 7.88. The van der Waals surface area contributed by atoms with Gasteiger partial charge in [-0.1, -0.05) is 131 Å². The molecule has 2 heterocycles. The lowest BCUT2D eigenvalue weighted by atomic mass is 9.47. The Bertz CT molecular complexity index is 2610. The second kappa shape index (κ2) is 35.8. The number of allylic oxidation sites excluding steroid dienone is 1. The SMILES string of the molecule is CC(C)CCC[C@@H](C)[C@H]1CC[C@H]2[C@@H]3CC=C4C[C@@H](OC(=O)NCCCCCC(=O)NC[C@H]5O[C@@H](O[C@@H]6[C@H](O)[C@@H](O[C@@H]7O[C@H](CO)[C@@H](O)[C@H](NC(=O)OCC[Si](C)(C)C)[C@H]7O)[C@H](NC(=O)OCC[Si](C)(C)C)C[C@@H]6NC(=O)OCC[Si](C)(C)C)[C@H](O)[C@@H](O)[C@@H]5O)CC[C@]4(C)[C@H]3CC[C@]12C. The van der Waals surface area contributed by atoms with Gasteiger partial charge in [-0.3, -0.25) is 4.79 Å². The molecule has 0 aromatic heterocycles. The van der Waals surface area contributed by atoms with E-state index in [9.17, 15) is 59.7 Å². The molecule has 12 N–H and O–H groups in total. The van der Waals surface area contributed by atoms with Crippen LogP contribution in [0.1, 0.15) is 137 Å². The highest BCUT2D eigenvalue weighted by Gasteiger charge is 2.60. The molecule has 564 valence electrons. The minimum absolute atomic E-state index is 0.0448. The highest BCUT2D eigenvalue weighted by atomic mass is 28.3. The van der Waals surface area contributed by atoms with Gasteiger partial charge in [-0.15, -0.1) is 0 Å². The Morgan fingerprint density at radius 1 is 0.602 bits per heavy atom. The van der Waals surface area contributed by atoms with E-state index in [1.54, 1.807) is 0 Å². The van der Waals surface area contributed by atoms with E-state index >= 15 is 0 Å². The van der Waals surface area contributed by atoms with Crippen LogP contribution in [0.25, 0.3) is 0 Å². The van der Waals surface area contributed by atoms with Gasteiger partial charge in [-0.25, -0.2) is 19.2 Å². The molecular formula is C70H127N5O20Si3. The number of carbonyl (C=O) groups is 5. The second-order valence-electron chi connectivity index (χ2n) is 34.3. The van der Waals surface area contributed by atoms with Crippen LogP contribution < -0.4 is 26.6 Å². The quantitative estimate of drug-likeness (QED) is 0.0136. The number of rotatable bonds is 31. The Balaban J connectivity index is 0.936. The first-order valence-electron chi connectivity index (χ1n) is 36.9. The third-order valence-corrected chi connectivity index (χ3v) is 27.8. The van der Waals surface area contributed by atoms with Crippen LogP contribution in [-0.2, 0) is 42.7 Å². The molecule has 0 aromatic carbocycles. The van der Waals surface area contributed by atoms with Crippen LogP contribution in [0.3, 0.4) is 0 Å². The van der Waals surface area contributed by atoms with E-state index in [4.69, 9.17) is 37.9 Å². The van der Waals surface area contributed by atoms with Crippen molar-refractivity contribution in [2.45, 2.75) is 312 Å². The number of alkyl carbamates (subject to hydrolysis) is 4. The van der Waals surface area contributed by atoms with Gasteiger partial charge in [0.25, 0.3) is 0 Å². The van der Waals surface area contributed by atoms with Gasteiger partial charge in [0, 0.05) is 50.2 Å². The fourth-order valence-electron chi connectivity index (χ4n) is 16.7. The zero-order valence-corrected chi connectivity index (χ0v) is 64.4. The monoisotopic (exact) mass is 1440 g/mol. The lowest BCUT2D eigenvalue weighted by molar-refractivity contribution is -0.334.